The number of nitrogens with zero attached hydrogens (tertiary/aromatic N) is 1. The number of hydrogen-bond donors (Lipinski definition) is 2. The van der Waals surface area contributed by atoms with E-state index in [1.54, 1.807) is 12.4 Å². The van der Waals surface area contributed by atoms with Crippen LogP contribution in [-0.2, 0) is 6.42 Å². The SMILES string of the molecule is Cl.Cl.NC(CO)Cc1ccncc1. The summed E-state index contributed by atoms with van der Waals surface area (Å²) in [7, 11) is 0. The molecule has 0 aromatic carbocycles. The molecule has 0 aliphatic carbocycles. The quantitative estimate of drug-likeness (QED) is 0.799. The fourth-order valence-electron chi connectivity index (χ4n) is 0.886. The smallest absolute Gasteiger partial charge is 0.0585 e. The van der Waals surface area contributed by atoms with Crippen molar-refractivity contribution in [3.05, 3.63) is 30.1 Å². The van der Waals surface area contributed by atoms with Crippen LogP contribution in [0.15, 0.2) is 24.5 Å². The van der Waals surface area contributed by atoms with E-state index < -0.39 is 0 Å². The van der Waals surface area contributed by atoms with Crippen LogP contribution in [0.25, 0.3) is 0 Å². The van der Waals surface area contributed by atoms with Crippen molar-refractivity contribution in [3.8, 4) is 0 Å². The number of aliphatic hydroxyl groups excluding tert-OH is 1. The molecule has 3 nitrogen and oxygen atoms in total. The Morgan fingerprint density at radius 2 is 1.85 bits per heavy atom. The maximum Gasteiger partial charge on any atom is 0.0585 e. The molecule has 13 heavy (non-hydrogen) atoms. The van der Waals surface area contributed by atoms with E-state index in [0.717, 1.165) is 5.56 Å². The van der Waals surface area contributed by atoms with Gasteiger partial charge in [-0.25, -0.2) is 0 Å². The van der Waals surface area contributed by atoms with E-state index in [1.165, 1.54) is 0 Å². The third kappa shape index (κ3) is 5.82. The molecule has 76 valence electrons. The fourth-order valence-corrected chi connectivity index (χ4v) is 0.886. The molecule has 5 heteroatoms. The van der Waals surface area contributed by atoms with Crippen molar-refractivity contribution < 1.29 is 5.11 Å². The van der Waals surface area contributed by atoms with Crippen molar-refractivity contribution >= 4 is 24.8 Å². The Balaban J connectivity index is 0. The van der Waals surface area contributed by atoms with Gasteiger partial charge in [0.1, 0.15) is 0 Å². The number of hydrogen-bond acceptors (Lipinski definition) is 3. The van der Waals surface area contributed by atoms with Crippen molar-refractivity contribution in [2.24, 2.45) is 5.73 Å². The average Bonchev–Trinajstić information content (AvgIpc) is 2.06. The average molecular weight is 225 g/mol. The Kier molecular flexibility index (Phi) is 9.61. The van der Waals surface area contributed by atoms with Crippen molar-refractivity contribution in [2.45, 2.75) is 12.5 Å². The zero-order chi connectivity index (χ0) is 8.10. The van der Waals surface area contributed by atoms with Gasteiger partial charge in [-0.3, -0.25) is 4.98 Å². The first-order chi connectivity index (χ1) is 5.33. The minimum absolute atomic E-state index is 0. The lowest BCUT2D eigenvalue weighted by atomic mass is 10.1. The third-order valence-electron chi connectivity index (χ3n) is 1.48. The molecule has 0 aliphatic rings. The summed E-state index contributed by atoms with van der Waals surface area (Å²) in [5.41, 5.74) is 6.65. The number of aromatic nitrogens is 1. The van der Waals surface area contributed by atoms with Crippen LogP contribution in [0, 0.1) is 0 Å². The molecule has 1 rings (SSSR count). The molecule has 0 amide bonds. The summed E-state index contributed by atoms with van der Waals surface area (Å²) in [5, 5.41) is 8.66. The van der Waals surface area contributed by atoms with Crippen LogP contribution in [0.1, 0.15) is 5.56 Å². The highest BCUT2D eigenvalue weighted by molar-refractivity contribution is 5.85. The molecule has 0 saturated carbocycles. The molecule has 0 radical (unpaired) electrons. The Morgan fingerprint density at radius 1 is 1.31 bits per heavy atom. The Labute approximate surface area is 90.2 Å². The summed E-state index contributed by atoms with van der Waals surface area (Å²) in [6.45, 7) is 0.0301. The summed E-state index contributed by atoms with van der Waals surface area (Å²) >= 11 is 0. The largest absolute Gasteiger partial charge is 0.395 e. The highest BCUT2D eigenvalue weighted by atomic mass is 35.5. The monoisotopic (exact) mass is 224 g/mol. The molecule has 1 atom stereocenters. The van der Waals surface area contributed by atoms with Gasteiger partial charge >= 0.3 is 0 Å². The summed E-state index contributed by atoms with van der Waals surface area (Å²) < 4.78 is 0. The van der Waals surface area contributed by atoms with Crippen molar-refractivity contribution in [1.29, 1.82) is 0 Å². The van der Waals surface area contributed by atoms with E-state index in [2.05, 4.69) is 4.98 Å². The Bertz CT molecular complexity index is 209. The second-order valence-corrected chi connectivity index (χ2v) is 2.50. The predicted molar refractivity (Wildman–Crippen MR) is 57.5 cm³/mol. The van der Waals surface area contributed by atoms with Gasteiger partial charge in [-0.05, 0) is 24.1 Å². The van der Waals surface area contributed by atoms with E-state index in [4.69, 9.17) is 10.8 Å². The fraction of sp³-hybridized carbons (Fsp3) is 0.375. The normalized spacial score (nSPS) is 10.9. The van der Waals surface area contributed by atoms with Crippen LogP contribution in [0.5, 0.6) is 0 Å². The molecule has 3 N–H and O–H groups in total. The third-order valence-corrected chi connectivity index (χ3v) is 1.48. The van der Waals surface area contributed by atoms with E-state index in [9.17, 15) is 0 Å². The van der Waals surface area contributed by atoms with Crippen molar-refractivity contribution in [3.63, 3.8) is 0 Å². The molecular formula is C8H14Cl2N2O. The van der Waals surface area contributed by atoms with Crippen LogP contribution in [0.2, 0.25) is 0 Å². The van der Waals surface area contributed by atoms with Gasteiger partial charge in [-0.15, -0.1) is 24.8 Å². The highest BCUT2D eigenvalue weighted by Gasteiger charge is 2.00. The van der Waals surface area contributed by atoms with E-state index >= 15 is 0 Å². The topological polar surface area (TPSA) is 59.1 Å². The number of rotatable bonds is 3. The zero-order valence-electron chi connectivity index (χ0n) is 7.09. The van der Waals surface area contributed by atoms with Crippen molar-refractivity contribution in [2.75, 3.05) is 6.61 Å². The number of nitrogens with two attached hydrogens (primary N) is 1. The Hall–Kier alpha value is -0.350. The molecule has 1 aromatic rings. The molecule has 0 saturated heterocycles. The first kappa shape index (κ1) is 15.1. The standard InChI is InChI=1S/C8H12N2O.2ClH/c9-8(6-11)5-7-1-3-10-4-2-7;;/h1-4,8,11H,5-6,9H2;2*1H. The van der Waals surface area contributed by atoms with Crippen LogP contribution in [0.4, 0.5) is 0 Å². The Morgan fingerprint density at radius 3 is 2.31 bits per heavy atom. The van der Waals surface area contributed by atoms with Gasteiger partial charge in [0, 0.05) is 18.4 Å². The molecule has 0 spiro atoms. The van der Waals surface area contributed by atoms with Crippen LogP contribution in [-0.4, -0.2) is 22.7 Å². The number of halogens is 2. The van der Waals surface area contributed by atoms with Gasteiger partial charge in [0.05, 0.1) is 6.61 Å². The van der Waals surface area contributed by atoms with Gasteiger partial charge in [0.2, 0.25) is 0 Å². The summed E-state index contributed by atoms with van der Waals surface area (Å²) in [5.74, 6) is 0. The van der Waals surface area contributed by atoms with Gasteiger partial charge in [0.25, 0.3) is 0 Å². The molecule has 1 unspecified atom stereocenters. The second kappa shape index (κ2) is 8.26. The summed E-state index contributed by atoms with van der Waals surface area (Å²) in [6, 6.07) is 3.64. The number of pyridine rings is 1. The zero-order valence-corrected chi connectivity index (χ0v) is 8.72. The van der Waals surface area contributed by atoms with E-state index in [1.807, 2.05) is 12.1 Å². The minimum atomic E-state index is -0.155. The van der Waals surface area contributed by atoms with E-state index in [0.29, 0.717) is 6.42 Å². The van der Waals surface area contributed by atoms with Crippen LogP contribution in [0.3, 0.4) is 0 Å². The number of aliphatic hydroxyl groups is 1. The first-order valence-corrected chi connectivity index (χ1v) is 3.58. The molecule has 1 heterocycles. The maximum atomic E-state index is 8.66. The molecule has 0 aliphatic heterocycles. The summed E-state index contributed by atoms with van der Waals surface area (Å²) in [6.07, 6.45) is 4.15. The van der Waals surface area contributed by atoms with Crippen molar-refractivity contribution in [1.82, 2.24) is 4.98 Å². The first-order valence-electron chi connectivity index (χ1n) is 3.58. The minimum Gasteiger partial charge on any atom is -0.395 e. The predicted octanol–water partition coefficient (Wildman–Crippen LogP) is 0.787. The molecule has 1 aromatic heterocycles. The summed E-state index contributed by atoms with van der Waals surface area (Å²) in [4.78, 5) is 3.88. The van der Waals surface area contributed by atoms with Gasteiger partial charge < -0.3 is 10.8 Å². The van der Waals surface area contributed by atoms with Crippen LogP contribution < -0.4 is 5.73 Å². The highest BCUT2D eigenvalue weighted by Crippen LogP contribution is 1.98. The lowest BCUT2D eigenvalue weighted by molar-refractivity contribution is 0.265. The van der Waals surface area contributed by atoms with Gasteiger partial charge in [-0.2, -0.15) is 0 Å². The van der Waals surface area contributed by atoms with Crippen LogP contribution >= 0.6 is 24.8 Å². The van der Waals surface area contributed by atoms with Gasteiger partial charge in [-0.1, -0.05) is 0 Å². The van der Waals surface area contributed by atoms with E-state index in [-0.39, 0.29) is 37.5 Å². The lowest BCUT2D eigenvalue weighted by Crippen LogP contribution is -2.26. The molecule has 0 fully saturated rings. The lowest BCUT2D eigenvalue weighted by Gasteiger charge is -2.06. The molecular weight excluding hydrogens is 211 g/mol. The maximum absolute atomic E-state index is 8.66. The molecule has 0 bridgehead atoms. The van der Waals surface area contributed by atoms with Gasteiger partial charge in [0.15, 0.2) is 0 Å². The second-order valence-electron chi connectivity index (χ2n) is 2.50.